The van der Waals surface area contributed by atoms with E-state index >= 15 is 0 Å². The minimum absolute atomic E-state index is 0.0641. The summed E-state index contributed by atoms with van der Waals surface area (Å²) >= 11 is 5.71. The van der Waals surface area contributed by atoms with Gasteiger partial charge in [-0.2, -0.15) is 0 Å². The van der Waals surface area contributed by atoms with Crippen LogP contribution in [0.15, 0.2) is 30.3 Å². The molecule has 0 bridgehead atoms. The van der Waals surface area contributed by atoms with Gasteiger partial charge in [0.05, 0.1) is 6.61 Å². The normalized spacial score (nSPS) is 10.3. The highest BCUT2D eigenvalue weighted by atomic mass is 35.5. The molecule has 2 aromatic rings. The number of nitrogens with zero attached hydrogens (tertiary/aromatic N) is 2. The van der Waals surface area contributed by atoms with Crippen LogP contribution in [0.5, 0.6) is 5.75 Å². The van der Waals surface area contributed by atoms with Gasteiger partial charge in [-0.3, -0.25) is 0 Å². The lowest BCUT2D eigenvalue weighted by atomic mass is 10.3. The number of benzene rings is 1. The van der Waals surface area contributed by atoms with Crippen molar-refractivity contribution in [2.45, 2.75) is 6.42 Å². The van der Waals surface area contributed by atoms with Gasteiger partial charge in [-0.25, -0.2) is 19.2 Å². The van der Waals surface area contributed by atoms with Crippen molar-refractivity contribution in [1.29, 1.82) is 0 Å². The molecule has 20 heavy (non-hydrogen) atoms. The van der Waals surface area contributed by atoms with Crippen LogP contribution in [0.2, 0.25) is 5.15 Å². The Morgan fingerprint density at radius 1 is 1.30 bits per heavy atom. The van der Waals surface area contributed by atoms with Crippen molar-refractivity contribution in [1.82, 2.24) is 9.97 Å². The van der Waals surface area contributed by atoms with Crippen LogP contribution in [0.3, 0.4) is 0 Å². The molecule has 0 spiro atoms. The molecule has 2 rings (SSSR count). The van der Waals surface area contributed by atoms with E-state index in [-0.39, 0.29) is 35.5 Å². The smallest absolute Gasteiger partial charge is 0.354 e. The number of carboxylic acids is 1. The molecule has 0 aliphatic carbocycles. The monoisotopic (exact) mass is 296 g/mol. The van der Waals surface area contributed by atoms with Crippen LogP contribution in [0.1, 0.15) is 16.3 Å². The number of carboxylic acid groups (broad SMARTS) is 1. The first-order valence-electron chi connectivity index (χ1n) is 5.70. The molecule has 5 nitrogen and oxygen atoms in total. The van der Waals surface area contributed by atoms with Crippen molar-refractivity contribution < 1.29 is 19.0 Å². The molecule has 0 saturated heterocycles. The van der Waals surface area contributed by atoms with Crippen LogP contribution in [-0.4, -0.2) is 27.7 Å². The Hall–Kier alpha value is -2.21. The Balaban J connectivity index is 1.97. The Kier molecular flexibility index (Phi) is 4.47. The van der Waals surface area contributed by atoms with E-state index in [9.17, 15) is 9.18 Å². The third-order valence-corrected chi connectivity index (χ3v) is 2.56. The third-order valence-electron chi connectivity index (χ3n) is 2.37. The number of hydrogen-bond donors (Lipinski definition) is 1. The number of rotatable bonds is 5. The maximum absolute atomic E-state index is 12.7. The van der Waals surface area contributed by atoms with Crippen LogP contribution in [0.25, 0.3) is 0 Å². The molecule has 0 saturated carbocycles. The fourth-order valence-electron chi connectivity index (χ4n) is 1.48. The molecule has 0 fully saturated rings. The predicted molar refractivity (Wildman–Crippen MR) is 69.6 cm³/mol. The summed E-state index contributed by atoms with van der Waals surface area (Å²) in [5.41, 5.74) is -0.165. The van der Waals surface area contributed by atoms with E-state index in [1.807, 2.05) is 0 Å². The molecule has 0 atom stereocenters. The molecule has 1 aromatic carbocycles. The van der Waals surface area contributed by atoms with E-state index in [1.54, 1.807) is 0 Å². The lowest BCUT2D eigenvalue weighted by molar-refractivity contribution is 0.0689. The highest BCUT2D eigenvalue weighted by Gasteiger charge is 2.09. The second-order valence-electron chi connectivity index (χ2n) is 3.85. The van der Waals surface area contributed by atoms with Crippen molar-refractivity contribution >= 4 is 17.6 Å². The molecule has 0 amide bonds. The topological polar surface area (TPSA) is 72.3 Å². The molecule has 7 heteroatoms. The molecule has 1 aromatic heterocycles. The largest absolute Gasteiger partial charge is 0.493 e. The van der Waals surface area contributed by atoms with Gasteiger partial charge >= 0.3 is 5.97 Å². The van der Waals surface area contributed by atoms with Crippen LogP contribution in [0, 0.1) is 5.82 Å². The van der Waals surface area contributed by atoms with Gasteiger partial charge in [0.15, 0.2) is 5.69 Å². The molecule has 0 aliphatic heterocycles. The van der Waals surface area contributed by atoms with Crippen molar-refractivity contribution in [3.8, 4) is 5.75 Å². The van der Waals surface area contributed by atoms with Crippen LogP contribution in [-0.2, 0) is 6.42 Å². The van der Waals surface area contributed by atoms with Gasteiger partial charge in [-0.1, -0.05) is 11.6 Å². The number of carbonyl (C=O) groups is 1. The molecule has 0 unspecified atom stereocenters. The number of ether oxygens (including phenoxy) is 1. The number of aromatic nitrogens is 2. The van der Waals surface area contributed by atoms with E-state index in [4.69, 9.17) is 21.4 Å². The zero-order valence-corrected chi connectivity index (χ0v) is 11.0. The summed E-state index contributed by atoms with van der Waals surface area (Å²) in [7, 11) is 0. The Bertz CT molecular complexity index is 620. The number of hydrogen-bond acceptors (Lipinski definition) is 4. The minimum atomic E-state index is -1.17. The van der Waals surface area contributed by atoms with E-state index in [2.05, 4.69) is 9.97 Å². The zero-order valence-electron chi connectivity index (χ0n) is 10.2. The summed E-state index contributed by atoms with van der Waals surface area (Å²) in [4.78, 5) is 18.6. The summed E-state index contributed by atoms with van der Waals surface area (Å²) in [5, 5.41) is 8.91. The fraction of sp³-hybridized carbons (Fsp3) is 0.154. The number of halogens is 2. The first-order valence-corrected chi connectivity index (χ1v) is 6.07. The standard InChI is InChI=1S/C13H10ClFN2O3/c14-11-7-10(13(18)19)16-12(17-11)5-6-20-9-3-1-8(15)2-4-9/h1-4,7H,5-6H2,(H,18,19). The molecule has 1 heterocycles. The molecular formula is C13H10ClFN2O3. The van der Waals surface area contributed by atoms with Crippen LogP contribution >= 0.6 is 11.6 Å². The highest BCUT2D eigenvalue weighted by molar-refractivity contribution is 6.29. The van der Waals surface area contributed by atoms with Crippen molar-refractivity contribution in [3.63, 3.8) is 0 Å². The van der Waals surface area contributed by atoms with Crippen LogP contribution < -0.4 is 4.74 Å². The quantitative estimate of drug-likeness (QED) is 0.859. The lowest BCUT2D eigenvalue weighted by Gasteiger charge is -2.06. The van der Waals surface area contributed by atoms with E-state index in [0.717, 1.165) is 0 Å². The zero-order chi connectivity index (χ0) is 14.5. The first kappa shape index (κ1) is 14.2. The summed E-state index contributed by atoms with van der Waals surface area (Å²) in [5.74, 6) is -0.736. The maximum atomic E-state index is 12.7. The highest BCUT2D eigenvalue weighted by Crippen LogP contribution is 2.12. The van der Waals surface area contributed by atoms with E-state index in [1.165, 1.54) is 30.3 Å². The van der Waals surface area contributed by atoms with Crippen molar-refractivity contribution in [2.75, 3.05) is 6.61 Å². The summed E-state index contributed by atoms with van der Waals surface area (Å²) < 4.78 is 18.1. The van der Waals surface area contributed by atoms with Crippen LogP contribution in [0.4, 0.5) is 4.39 Å². The van der Waals surface area contributed by atoms with Gasteiger partial charge in [-0.05, 0) is 24.3 Å². The summed E-state index contributed by atoms with van der Waals surface area (Å²) in [6, 6.07) is 6.74. The second kappa shape index (κ2) is 6.29. The molecule has 104 valence electrons. The molecular weight excluding hydrogens is 287 g/mol. The van der Waals surface area contributed by atoms with Crippen molar-refractivity contribution in [3.05, 3.63) is 52.8 Å². The SMILES string of the molecule is O=C(O)c1cc(Cl)nc(CCOc2ccc(F)cc2)n1. The minimum Gasteiger partial charge on any atom is -0.493 e. The first-order chi connectivity index (χ1) is 9.54. The summed E-state index contributed by atoms with van der Waals surface area (Å²) in [6.07, 6.45) is 0.290. The Morgan fingerprint density at radius 3 is 2.65 bits per heavy atom. The van der Waals surface area contributed by atoms with Gasteiger partial charge in [-0.15, -0.1) is 0 Å². The maximum Gasteiger partial charge on any atom is 0.354 e. The van der Waals surface area contributed by atoms with E-state index < -0.39 is 5.97 Å². The fourth-order valence-corrected chi connectivity index (χ4v) is 1.68. The lowest BCUT2D eigenvalue weighted by Crippen LogP contribution is -2.09. The Morgan fingerprint density at radius 2 is 2.00 bits per heavy atom. The van der Waals surface area contributed by atoms with Crippen molar-refractivity contribution in [2.24, 2.45) is 0 Å². The average Bonchev–Trinajstić information content (AvgIpc) is 2.40. The third kappa shape index (κ3) is 3.89. The molecule has 1 N–H and O–H groups in total. The Labute approximate surface area is 119 Å². The second-order valence-corrected chi connectivity index (χ2v) is 4.24. The van der Waals surface area contributed by atoms with E-state index in [0.29, 0.717) is 5.75 Å². The van der Waals surface area contributed by atoms with Gasteiger partial charge in [0.25, 0.3) is 0 Å². The average molecular weight is 297 g/mol. The molecule has 0 aliphatic rings. The van der Waals surface area contributed by atoms with Gasteiger partial charge < -0.3 is 9.84 Å². The van der Waals surface area contributed by atoms with Gasteiger partial charge in [0.1, 0.15) is 22.5 Å². The summed E-state index contributed by atoms with van der Waals surface area (Å²) in [6.45, 7) is 0.227. The number of aromatic carboxylic acids is 1. The van der Waals surface area contributed by atoms with Gasteiger partial charge in [0, 0.05) is 12.5 Å². The van der Waals surface area contributed by atoms with Gasteiger partial charge in [0.2, 0.25) is 0 Å². The molecule has 0 radical (unpaired) electrons. The predicted octanol–water partition coefficient (Wildman–Crippen LogP) is 2.59.